The fourth-order valence-corrected chi connectivity index (χ4v) is 2.63. The molecule has 0 aliphatic carbocycles. The molecule has 0 saturated carbocycles. The van der Waals surface area contributed by atoms with Crippen molar-refractivity contribution in [1.82, 2.24) is 20.3 Å². The molecule has 0 atom stereocenters. The van der Waals surface area contributed by atoms with Crippen molar-refractivity contribution in [2.75, 3.05) is 7.11 Å². The average molecular weight is 375 g/mol. The van der Waals surface area contributed by atoms with Crippen LogP contribution in [0.5, 0.6) is 0 Å². The van der Waals surface area contributed by atoms with E-state index in [-0.39, 0.29) is 18.7 Å². The van der Waals surface area contributed by atoms with Crippen molar-refractivity contribution >= 4 is 17.6 Å². The van der Waals surface area contributed by atoms with Crippen LogP contribution in [0.2, 0.25) is 5.02 Å². The summed E-state index contributed by atoms with van der Waals surface area (Å²) in [5, 5.41) is 11.9. The maximum atomic E-state index is 12.6. The van der Waals surface area contributed by atoms with E-state index in [0.717, 1.165) is 5.56 Å². The maximum Gasteiger partial charge on any atom is 0.342 e. The number of hydrogen-bond donors (Lipinski definition) is 1. The lowest BCUT2D eigenvalue weighted by molar-refractivity contribution is 0.177. The van der Waals surface area contributed by atoms with E-state index in [1.165, 1.54) is 10.9 Å². The van der Waals surface area contributed by atoms with Crippen molar-refractivity contribution < 1.29 is 14.1 Å². The monoisotopic (exact) mass is 374 g/mol. The SMILES string of the molecule is COCc1nocc1-c1cc(-c2ccc(Cl)cc2)nn1C(=O)NC(C)C. The van der Waals surface area contributed by atoms with Gasteiger partial charge in [0.2, 0.25) is 0 Å². The standard InChI is InChI=1S/C18H19ClN4O3/c1-11(2)20-18(24)23-17(14-9-26-22-16(14)10-25-3)8-15(21-23)12-4-6-13(19)7-5-12/h4-9,11H,10H2,1-3H3,(H,20,24). The van der Waals surface area contributed by atoms with E-state index in [1.54, 1.807) is 19.2 Å². The molecule has 0 unspecified atom stereocenters. The second-order valence-electron chi connectivity index (χ2n) is 6.05. The zero-order chi connectivity index (χ0) is 18.7. The predicted octanol–water partition coefficient (Wildman–Crippen LogP) is 3.97. The smallest absolute Gasteiger partial charge is 0.342 e. The van der Waals surface area contributed by atoms with Gasteiger partial charge < -0.3 is 14.6 Å². The minimum absolute atomic E-state index is 0.0283. The lowest BCUT2D eigenvalue weighted by Crippen LogP contribution is -2.35. The van der Waals surface area contributed by atoms with Gasteiger partial charge in [0.1, 0.15) is 12.0 Å². The molecule has 1 amide bonds. The molecular weight excluding hydrogens is 356 g/mol. The van der Waals surface area contributed by atoms with E-state index in [4.69, 9.17) is 20.9 Å². The van der Waals surface area contributed by atoms with Crippen LogP contribution >= 0.6 is 11.6 Å². The quantitative estimate of drug-likeness (QED) is 0.730. The summed E-state index contributed by atoms with van der Waals surface area (Å²) in [5.41, 5.74) is 3.30. The number of aromatic nitrogens is 3. The zero-order valence-electron chi connectivity index (χ0n) is 14.7. The van der Waals surface area contributed by atoms with Gasteiger partial charge in [0.15, 0.2) is 0 Å². The Kier molecular flexibility index (Phi) is 5.39. The van der Waals surface area contributed by atoms with E-state index in [0.29, 0.717) is 27.7 Å². The van der Waals surface area contributed by atoms with Crippen LogP contribution in [-0.2, 0) is 11.3 Å². The molecule has 0 radical (unpaired) electrons. The lowest BCUT2D eigenvalue weighted by atomic mass is 10.1. The van der Waals surface area contributed by atoms with Gasteiger partial charge in [0, 0.05) is 23.7 Å². The Balaban J connectivity index is 2.09. The Morgan fingerprint density at radius 2 is 2.08 bits per heavy atom. The normalized spacial score (nSPS) is 11.1. The topological polar surface area (TPSA) is 82.2 Å². The highest BCUT2D eigenvalue weighted by Gasteiger charge is 2.21. The number of rotatable bonds is 5. The molecule has 136 valence electrons. The molecule has 0 saturated heterocycles. The number of carbonyl (C=O) groups excluding carboxylic acids is 1. The first-order chi connectivity index (χ1) is 12.5. The number of hydrogen-bond acceptors (Lipinski definition) is 5. The first-order valence-corrected chi connectivity index (χ1v) is 8.47. The Hall–Kier alpha value is -2.64. The van der Waals surface area contributed by atoms with Crippen molar-refractivity contribution in [2.24, 2.45) is 0 Å². The first-order valence-electron chi connectivity index (χ1n) is 8.09. The third kappa shape index (κ3) is 3.79. The van der Waals surface area contributed by atoms with Gasteiger partial charge in [0.05, 0.1) is 23.6 Å². The molecule has 1 N–H and O–H groups in total. The minimum atomic E-state index is -0.334. The highest BCUT2D eigenvalue weighted by molar-refractivity contribution is 6.30. The van der Waals surface area contributed by atoms with Crippen LogP contribution in [0.1, 0.15) is 19.5 Å². The lowest BCUT2D eigenvalue weighted by Gasteiger charge is -2.10. The molecule has 0 spiro atoms. The second-order valence-corrected chi connectivity index (χ2v) is 6.48. The molecule has 0 aliphatic rings. The van der Waals surface area contributed by atoms with Crippen LogP contribution in [-0.4, -0.2) is 34.1 Å². The number of ether oxygens (including phenoxy) is 1. The largest absolute Gasteiger partial charge is 0.378 e. The molecule has 1 aromatic carbocycles. The zero-order valence-corrected chi connectivity index (χ0v) is 15.4. The Labute approximate surface area is 155 Å². The van der Waals surface area contributed by atoms with Gasteiger partial charge in [0.25, 0.3) is 0 Å². The predicted molar refractivity (Wildman–Crippen MR) is 97.9 cm³/mol. The summed E-state index contributed by atoms with van der Waals surface area (Å²) in [6.45, 7) is 4.03. The van der Waals surface area contributed by atoms with Gasteiger partial charge in [-0.25, -0.2) is 4.79 Å². The van der Waals surface area contributed by atoms with Gasteiger partial charge in [-0.3, -0.25) is 0 Å². The van der Waals surface area contributed by atoms with Crippen LogP contribution in [0.4, 0.5) is 4.79 Å². The van der Waals surface area contributed by atoms with E-state index >= 15 is 0 Å². The van der Waals surface area contributed by atoms with Crippen molar-refractivity contribution in [3.63, 3.8) is 0 Å². The number of nitrogens with zero attached hydrogens (tertiary/aromatic N) is 3. The molecule has 8 heteroatoms. The number of halogens is 1. The molecule has 0 aliphatic heterocycles. The van der Waals surface area contributed by atoms with E-state index in [2.05, 4.69) is 15.6 Å². The Morgan fingerprint density at radius 1 is 1.35 bits per heavy atom. The molecule has 0 fully saturated rings. The second kappa shape index (κ2) is 7.72. The van der Waals surface area contributed by atoms with Gasteiger partial charge in [-0.1, -0.05) is 28.9 Å². The summed E-state index contributed by atoms with van der Waals surface area (Å²) in [4.78, 5) is 12.6. The van der Waals surface area contributed by atoms with Crippen LogP contribution in [0.15, 0.2) is 41.1 Å². The van der Waals surface area contributed by atoms with Crippen LogP contribution in [0.25, 0.3) is 22.5 Å². The third-order valence-corrected chi connectivity index (χ3v) is 3.91. The van der Waals surface area contributed by atoms with Crippen LogP contribution < -0.4 is 5.32 Å². The summed E-state index contributed by atoms with van der Waals surface area (Å²) >= 11 is 5.96. The molecule has 0 bridgehead atoms. The van der Waals surface area contributed by atoms with Crippen molar-refractivity contribution in [3.05, 3.63) is 47.3 Å². The fourth-order valence-electron chi connectivity index (χ4n) is 2.51. The van der Waals surface area contributed by atoms with Gasteiger partial charge in [-0.2, -0.15) is 9.78 Å². The van der Waals surface area contributed by atoms with Crippen molar-refractivity contribution in [3.8, 4) is 22.5 Å². The summed E-state index contributed by atoms with van der Waals surface area (Å²) in [5.74, 6) is 0. The van der Waals surface area contributed by atoms with E-state index in [1.807, 2.05) is 32.0 Å². The first kappa shape index (κ1) is 18.2. The minimum Gasteiger partial charge on any atom is -0.378 e. The van der Waals surface area contributed by atoms with Gasteiger partial charge in [-0.05, 0) is 32.0 Å². The highest BCUT2D eigenvalue weighted by atomic mass is 35.5. The van der Waals surface area contributed by atoms with Crippen molar-refractivity contribution in [1.29, 1.82) is 0 Å². The summed E-state index contributed by atoms with van der Waals surface area (Å²) in [6.07, 6.45) is 1.48. The van der Waals surface area contributed by atoms with Crippen molar-refractivity contribution in [2.45, 2.75) is 26.5 Å². The average Bonchev–Trinajstić information content (AvgIpc) is 3.22. The molecular formula is C18H19ClN4O3. The fraction of sp³-hybridized carbons (Fsp3) is 0.278. The molecule has 3 rings (SSSR count). The molecule has 3 aromatic rings. The number of benzene rings is 1. The molecule has 2 aromatic heterocycles. The maximum absolute atomic E-state index is 12.6. The van der Waals surface area contributed by atoms with Gasteiger partial charge in [-0.15, -0.1) is 0 Å². The Morgan fingerprint density at radius 3 is 2.73 bits per heavy atom. The number of methoxy groups -OCH3 is 1. The molecule has 26 heavy (non-hydrogen) atoms. The van der Waals surface area contributed by atoms with Gasteiger partial charge >= 0.3 is 6.03 Å². The number of carbonyl (C=O) groups is 1. The van der Waals surface area contributed by atoms with E-state index < -0.39 is 0 Å². The molecule has 2 heterocycles. The highest BCUT2D eigenvalue weighted by Crippen LogP contribution is 2.29. The van der Waals surface area contributed by atoms with Crippen LogP contribution in [0.3, 0.4) is 0 Å². The van der Waals surface area contributed by atoms with E-state index in [9.17, 15) is 4.79 Å². The third-order valence-electron chi connectivity index (χ3n) is 3.66. The summed E-state index contributed by atoms with van der Waals surface area (Å²) in [6, 6.07) is 8.71. The summed E-state index contributed by atoms with van der Waals surface area (Å²) < 4.78 is 11.5. The number of nitrogens with one attached hydrogen (secondary N) is 1. The number of amides is 1. The van der Waals surface area contributed by atoms with Crippen LogP contribution in [0, 0.1) is 0 Å². The summed E-state index contributed by atoms with van der Waals surface area (Å²) in [7, 11) is 1.57. The Bertz CT molecular complexity index is 900. The molecule has 7 nitrogen and oxygen atoms in total.